The summed E-state index contributed by atoms with van der Waals surface area (Å²) in [5, 5.41) is 10.3. The van der Waals surface area contributed by atoms with Gasteiger partial charge in [0.05, 0.1) is 5.88 Å². The molecule has 74 valence electrons. The fraction of sp³-hybridized carbons (Fsp3) is 0.714. The van der Waals surface area contributed by atoms with Crippen molar-refractivity contribution in [2.24, 2.45) is 0 Å². The highest BCUT2D eigenvalue weighted by Gasteiger charge is 2.06. The Morgan fingerprint density at radius 1 is 1.54 bits per heavy atom. The van der Waals surface area contributed by atoms with Gasteiger partial charge in [-0.25, -0.2) is 4.63 Å². The van der Waals surface area contributed by atoms with Crippen molar-refractivity contribution < 1.29 is 9.37 Å². The van der Waals surface area contributed by atoms with E-state index in [1.165, 1.54) is 0 Å². The van der Waals surface area contributed by atoms with E-state index in [4.69, 9.17) is 16.3 Å². The summed E-state index contributed by atoms with van der Waals surface area (Å²) in [7, 11) is 1.67. The third-order valence-electron chi connectivity index (χ3n) is 1.50. The minimum absolute atomic E-state index is 0.302. The lowest BCUT2D eigenvalue weighted by molar-refractivity contribution is 0.197. The largest absolute Gasteiger partial charge is 0.385 e. The van der Waals surface area contributed by atoms with Gasteiger partial charge in [-0.3, -0.25) is 0 Å². The lowest BCUT2D eigenvalue weighted by Gasteiger charge is -2.01. The van der Waals surface area contributed by atoms with Crippen molar-refractivity contribution in [1.29, 1.82) is 0 Å². The highest BCUT2D eigenvalue weighted by molar-refractivity contribution is 6.17. The van der Waals surface area contributed by atoms with Crippen LogP contribution in [0.1, 0.15) is 12.1 Å². The number of anilines is 1. The van der Waals surface area contributed by atoms with Crippen LogP contribution < -0.4 is 5.32 Å². The maximum absolute atomic E-state index is 5.59. The van der Waals surface area contributed by atoms with Gasteiger partial charge in [-0.2, -0.15) is 0 Å². The van der Waals surface area contributed by atoms with Crippen molar-refractivity contribution in [2.45, 2.75) is 12.3 Å². The van der Waals surface area contributed by atoms with Crippen LogP contribution in [-0.2, 0) is 10.6 Å². The summed E-state index contributed by atoms with van der Waals surface area (Å²) >= 11 is 5.59. The lowest BCUT2D eigenvalue weighted by Crippen LogP contribution is -2.06. The van der Waals surface area contributed by atoms with Crippen LogP contribution >= 0.6 is 11.6 Å². The summed E-state index contributed by atoms with van der Waals surface area (Å²) in [5.74, 6) is 0.918. The molecule has 0 aliphatic heterocycles. The Kier molecular flexibility index (Phi) is 4.56. The van der Waals surface area contributed by atoms with Crippen LogP contribution in [-0.4, -0.2) is 30.6 Å². The van der Waals surface area contributed by atoms with Crippen molar-refractivity contribution in [2.75, 3.05) is 25.6 Å². The zero-order valence-electron chi connectivity index (χ0n) is 7.42. The first-order chi connectivity index (χ1) is 6.38. The average molecular weight is 206 g/mol. The number of methoxy groups -OCH3 is 1. The van der Waals surface area contributed by atoms with Gasteiger partial charge in [0.2, 0.25) is 0 Å². The van der Waals surface area contributed by atoms with Crippen molar-refractivity contribution >= 4 is 17.4 Å². The number of aromatic nitrogens is 2. The molecule has 0 amide bonds. The molecule has 1 N–H and O–H groups in total. The van der Waals surface area contributed by atoms with Gasteiger partial charge in [-0.15, -0.1) is 11.6 Å². The van der Waals surface area contributed by atoms with E-state index < -0.39 is 0 Å². The first-order valence-electron chi connectivity index (χ1n) is 3.98. The summed E-state index contributed by atoms with van der Waals surface area (Å²) in [6, 6.07) is 0. The molecule has 5 nitrogen and oxygen atoms in total. The molecule has 1 heterocycles. The Balaban J connectivity index is 2.27. The molecule has 1 rings (SSSR count). The van der Waals surface area contributed by atoms with Crippen LogP contribution in [0.15, 0.2) is 4.63 Å². The second-order valence-corrected chi connectivity index (χ2v) is 2.73. The number of hydrogen-bond donors (Lipinski definition) is 1. The van der Waals surface area contributed by atoms with Crippen molar-refractivity contribution in [1.82, 2.24) is 10.3 Å². The fourth-order valence-corrected chi connectivity index (χ4v) is 1.03. The smallest absolute Gasteiger partial charge is 0.195 e. The fourth-order valence-electron chi connectivity index (χ4n) is 0.852. The molecule has 0 aliphatic carbocycles. The van der Waals surface area contributed by atoms with E-state index in [1.807, 2.05) is 0 Å². The molecule has 0 saturated heterocycles. The predicted molar refractivity (Wildman–Crippen MR) is 48.8 cm³/mol. The van der Waals surface area contributed by atoms with Gasteiger partial charge in [0.15, 0.2) is 5.82 Å². The summed E-state index contributed by atoms with van der Waals surface area (Å²) in [6.07, 6.45) is 0.908. The Hall–Kier alpha value is -0.810. The molecule has 13 heavy (non-hydrogen) atoms. The monoisotopic (exact) mass is 205 g/mol. The van der Waals surface area contributed by atoms with E-state index in [9.17, 15) is 0 Å². The van der Waals surface area contributed by atoms with Crippen LogP contribution in [0, 0.1) is 0 Å². The van der Waals surface area contributed by atoms with Gasteiger partial charge in [-0.05, 0) is 11.6 Å². The molecule has 0 aliphatic rings. The highest BCUT2D eigenvalue weighted by Crippen LogP contribution is 2.11. The van der Waals surface area contributed by atoms with Crippen molar-refractivity contribution in [3.63, 3.8) is 0 Å². The third kappa shape index (κ3) is 3.20. The molecule has 1 aromatic heterocycles. The van der Waals surface area contributed by atoms with E-state index in [0.717, 1.165) is 13.0 Å². The number of alkyl halides is 1. The van der Waals surface area contributed by atoms with Gasteiger partial charge in [0.25, 0.3) is 0 Å². The maximum atomic E-state index is 5.59. The molecule has 0 unspecified atom stereocenters. The Labute approximate surface area is 81.4 Å². The number of nitrogens with zero attached hydrogens (tertiary/aromatic N) is 2. The number of nitrogens with one attached hydrogen (secondary N) is 1. The Morgan fingerprint density at radius 3 is 3.08 bits per heavy atom. The van der Waals surface area contributed by atoms with Gasteiger partial charge < -0.3 is 10.1 Å². The highest BCUT2D eigenvalue weighted by atomic mass is 35.5. The SMILES string of the molecule is COCCCNc1nonc1CCl. The molecule has 0 bridgehead atoms. The lowest BCUT2D eigenvalue weighted by atomic mass is 10.4. The van der Waals surface area contributed by atoms with Crippen LogP contribution in [0.25, 0.3) is 0 Å². The molecule has 0 aromatic carbocycles. The molecule has 0 fully saturated rings. The summed E-state index contributed by atoms with van der Waals surface area (Å²) in [5.41, 5.74) is 0.638. The quantitative estimate of drug-likeness (QED) is 0.560. The second kappa shape index (κ2) is 5.77. The number of hydrogen-bond acceptors (Lipinski definition) is 5. The van der Waals surface area contributed by atoms with Crippen LogP contribution in [0.5, 0.6) is 0 Å². The standard InChI is InChI=1S/C7H12ClN3O2/c1-12-4-2-3-9-7-6(5-8)10-13-11-7/h2-5H2,1H3,(H,9,11). The van der Waals surface area contributed by atoms with Crippen LogP contribution in [0.3, 0.4) is 0 Å². The molecular weight excluding hydrogens is 194 g/mol. The zero-order chi connectivity index (χ0) is 9.52. The summed E-state index contributed by atoms with van der Waals surface area (Å²) in [6.45, 7) is 1.49. The van der Waals surface area contributed by atoms with Crippen LogP contribution in [0.2, 0.25) is 0 Å². The maximum Gasteiger partial charge on any atom is 0.195 e. The van der Waals surface area contributed by atoms with Crippen molar-refractivity contribution in [3.05, 3.63) is 5.69 Å². The van der Waals surface area contributed by atoms with E-state index in [0.29, 0.717) is 24.0 Å². The third-order valence-corrected chi connectivity index (χ3v) is 1.75. The first-order valence-corrected chi connectivity index (χ1v) is 4.52. The Morgan fingerprint density at radius 2 is 2.38 bits per heavy atom. The molecule has 6 heteroatoms. The summed E-state index contributed by atoms with van der Waals surface area (Å²) in [4.78, 5) is 0. The van der Waals surface area contributed by atoms with Crippen LogP contribution in [0.4, 0.5) is 5.82 Å². The van der Waals surface area contributed by atoms with E-state index in [2.05, 4.69) is 20.3 Å². The minimum atomic E-state index is 0.302. The molecular formula is C7H12ClN3O2. The molecule has 1 aromatic rings. The number of halogens is 1. The molecule has 0 atom stereocenters. The number of rotatable bonds is 6. The predicted octanol–water partition coefficient (Wildman–Crippen LogP) is 1.26. The average Bonchev–Trinajstić information content (AvgIpc) is 2.60. The van der Waals surface area contributed by atoms with E-state index in [1.54, 1.807) is 7.11 Å². The van der Waals surface area contributed by atoms with Gasteiger partial charge in [-0.1, -0.05) is 5.16 Å². The first kappa shape index (κ1) is 10.3. The van der Waals surface area contributed by atoms with Gasteiger partial charge in [0, 0.05) is 20.3 Å². The molecule has 0 saturated carbocycles. The minimum Gasteiger partial charge on any atom is -0.385 e. The summed E-state index contributed by atoms with van der Waals surface area (Å²) < 4.78 is 9.41. The van der Waals surface area contributed by atoms with Gasteiger partial charge in [0.1, 0.15) is 5.69 Å². The van der Waals surface area contributed by atoms with E-state index in [-0.39, 0.29) is 0 Å². The van der Waals surface area contributed by atoms with Gasteiger partial charge >= 0.3 is 0 Å². The molecule has 0 spiro atoms. The van der Waals surface area contributed by atoms with E-state index >= 15 is 0 Å². The topological polar surface area (TPSA) is 60.2 Å². The Bertz CT molecular complexity index is 241. The van der Waals surface area contributed by atoms with Crippen molar-refractivity contribution in [3.8, 4) is 0 Å². The number of ether oxygens (including phenoxy) is 1. The molecule has 0 radical (unpaired) electrons. The second-order valence-electron chi connectivity index (χ2n) is 2.47. The zero-order valence-corrected chi connectivity index (χ0v) is 8.17. The normalized spacial score (nSPS) is 10.3.